The summed E-state index contributed by atoms with van der Waals surface area (Å²) in [6.07, 6.45) is -3.46. The maximum Gasteiger partial charge on any atom is 0.416 e. The highest BCUT2D eigenvalue weighted by atomic mass is 19.4. The molecule has 2 aromatic rings. The van der Waals surface area contributed by atoms with Crippen molar-refractivity contribution in [2.24, 2.45) is 10.3 Å². The Hall–Kier alpha value is -3.43. The monoisotopic (exact) mass is 409 g/mol. The number of aromatic nitrogens is 1. The van der Waals surface area contributed by atoms with Crippen LogP contribution in [0.5, 0.6) is 0 Å². The van der Waals surface area contributed by atoms with Crippen molar-refractivity contribution in [1.29, 1.82) is 0 Å². The molecule has 0 amide bonds. The zero-order valence-electron chi connectivity index (χ0n) is 15.8. The van der Waals surface area contributed by atoms with Crippen molar-refractivity contribution < 1.29 is 32.7 Å². The Morgan fingerprint density at radius 3 is 2.59 bits per heavy atom. The van der Waals surface area contributed by atoms with Gasteiger partial charge in [-0.25, -0.2) is 4.79 Å². The van der Waals surface area contributed by atoms with Gasteiger partial charge in [-0.15, -0.1) is 0 Å². The van der Waals surface area contributed by atoms with Crippen molar-refractivity contribution in [3.63, 3.8) is 0 Å². The summed E-state index contributed by atoms with van der Waals surface area (Å²) < 4.78 is 38.5. The molecule has 10 heteroatoms. The van der Waals surface area contributed by atoms with E-state index in [1.807, 2.05) is 0 Å². The van der Waals surface area contributed by atoms with Crippen LogP contribution >= 0.6 is 0 Å². The van der Waals surface area contributed by atoms with E-state index in [2.05, 4.69) is 20.1 Å². The molecule has 29 heavy (non-hydrogen) atoms. The molecule has 1 aromatic heterocycles. The van der Waals surface area contributed by atoms with E-state index < -0.39 is 17.7 Å². The minimum atomic E-state index is -4.50. The van der Waals surface area contributed by atoms with Crippen LogP contribution in [0.15, 0.2) is 46.8 Å². The number of aliphatic carboxylic acids is 1. The Morgan fingerprint density at radius 2 is 1.97 bits per heavy atom. The number of halogens is 3. The Labute approximate surface area is 164 Å². The van der Waals surface area contributed by atoms with Gasteiger partial charge in [-0.3, -0.25) is 4.98 Å². The molecule has 0 fully saturated rings. The number of aryl methyl sites for hydroxylation is 1. The Balaban J connectivity index is 2.27. The molecule has 1 heterocycles. The Morgan fingerprint density at radius 1 is 1.24 bits per heavy atom. The number of carbonyl (C=O) groups is 1. The first-order valence-electron chi connectivity index (χ1n) is 8.28. The molecule has 1 N–H and O–H groups in total. The summed E-state index contributed by atoms with van der Waals surface area (Å²) in [4.78, 5) is 25.2. The summed E-state index contributed by atoms with van der Waals surface area (Å²) in [5, 5.41) is 16.7. The molecule has 0 spiro atoms. The minimum absolute atomic E-state index is 0.0111. The molecule has 7 nitrogen and oxygen atoms in total. The van der Waals surface area contributed by atoms with Crippen molar-refractivity contribution in [2.75, 3.05) is 7.11 Å². The number of alkyl halides is 3. The molecule has 0 aliphatic carbocycles. The minimum Gasteiger partial charge on any atom is -0.476 e. The number of hydrogen-bond donors (Lipinski definition) is 1. The molecule has 0 unspecified atom stereocenters. The maximum atomic E-state index is 12.8. The first-order chi connectivity index (χ1) is 13.6. The van der Waals surface area contributed by atoms with Crippen molar-refractivity contribution >= 4 is 17.4 Å². The SMILES string of the molecule is CON=C(C(=O)O)c1cccc(C)c1CO/N=C(\C)c1cc(C(F)(F)F)ccn1. The Kier molecular flexibility index (Phi) is 6.92. The van der Waals surface area contributed by atoms with Crippen LogP contribution in [0.1, 0.15) is 34.9 Å². The van der Waals surface area contributed by atoms with Gasteiger partial charge in [0.15, 0.2) is 5.71 Å². The van der Waals surface area contributed by atoms with Crippen LogP contribution in [-0.4, -0.2) is 34.6 Å². The molecule has 0 bridgehead atoms. The van der Waals surface area contributed by atoms with Crippen LogP contribution in [0.25, 0.3) is 0 Å². The number of nitrogens with zero attached hydrogens (tertiary/aromatic N) is 3. The van der Waals surface area contributed by atoms with Crippen LogP contribution < -0.4 is 0 Å². The average Bonchev–Trinajstić information content (AvgIpc) is 2.66. The number of rotatable bonds is 7. The molecule has 2 rings (SSSR count). The van der Waals surface area contributed by atoms with E-state index in [0.29, 0.717) is 5.56 Å². The predicted octanol–water partition coefficient (Wildman–Crippen LogP) is 3.78. The highest BCUT2D eigenvalue weighted by Gasteiger charge is 2.30. The fraction of sp³-hybridized carbons (Fsp3) is 0.263. The third kappa shape index (κ3) is 5.53. The van der Waals surface area contributed by atoms with E-state index in [4.69, 9.17) is 4.84 Å². The van der Waals surface area contributed by atoms with Crippen LogP contribution in [0, 0.1) is 6.92 Å². The third-order valence-corrected chi connectivity index (χ3v) is 3.92. The summed E-state index contributed by atoms with van der Waals surface area (Å²) in [7, 11) is 1.23. The molecule has 1 aromatic carbocycles. The zero-order chi connectivity index (χ0) is 21.6. The van der Waals surface area contributed by atoms with E-state index in [0.717, 1.165) is 23.9 Å². The molecule has 0 radical (unpaired) electrons. The van der Waals surface area contributed by atoms with Gasteiger partial charge in [-0.05, 0) is 31.5 Å². The number of benzene rings is 1. The average molecular weight is 409 g/mol. The lowest BCUT2D eigenvalue weighted by Crippen LogP contribution is -2.18. The predicted molar refractivity (Wildman–Crippen MR) is 98.6 cm³/mol. The maximum absolute atomic E-state index is 12.8. The number of carboxylic acids is 1. The van der Waals surface area contributed by atoms with Crippen LogP contribution in [-0.2, 0) is 27.3 Å². The number of oxime groups is 2. The second-order valence-electron chi connectivity index (χ2n) is 5.91. The first-order valence-corrected chi connectivity index (χ1v) is 8.28. The molecule has 0 saturated heterocycles. The van der Waals surface area contributed by atoms with Gasteiger partial charge < -0.3 is 14.8 Å². The lowest BCUT2D eigenvalue weighted by molar-refractivity contribution is -0.137. The van der Waals surface area contributed by atoms with Gasteiger partial charge in [0.05, 0.1) is 11.3 Å². The second-order valence-corrected chi connectivity index (χ2v) is 5.91. The highest BCUT2D eigenvalue weighted by Crippen LogP contribution is 2.29. The Bertz CT molecular complexity index is 956. The van der Waals surface area contributed by atoms with Crippen molar-refractivity contribution in [3.05, 3.63) is 64.5 Å². The molecule has 154 valence electrons. The summed E-state index contributed by atoms with van der Waals surface area (Å²) in [5.41, 5.74) is 0.490. The van der Waals surface area contributed by atoms with Gasteiger partial charge in [0.2, 0.25) is 0 Å². The third-order valence-electron chi connectivity index (χ3n) is 3.92. The van der Waals surface area contributed by atoms with Gasteiger partial charge in [-0.2, -0.15) is 13.2 Å². The van der Waals surface area contributed by atoms with E-state index in [-0.39, 0.29) is 29.3 Å². The summed E-state index contributed by atoms with van der Waals surface area (Å²) in [6.45, 7) is 3.07. The molecule has 0 atom stereocenters. The highest BCUT2D eigenvalue weighted by molar-refractivity contribution is 6.42. The molecule has 0 saturated carbocycles. The van der Waals surface area contributed by atoms with Gasteiger partial charge in [0.25, 0.3) is 0 Å². The second kappa shape index (κ2) is 9.18. The molecular weight excluding hydrogens is 391 g/mol. The van der Waals surface area contributed by atoms with E-state index in [1.54, 1.807) is 25.1 Å². The van der Waals surface area contributed by atoms with Crippen molar-refractivity contribution in [2.45, 2.75) is 26.6 Å². The molecule has 0 aliphatic rings. The van der Waals surface area contributed by atoms with Crippen LogP contribution in [0.4, 0.5) is 13.2 Å². The normalized spacial score (nSPS) is 12.6. The molecule has 0 aliphatic heterocycles. The number of carboxylic acid groups (broad SMARTS) is 1. The van der Waals surface area contributed by atoms with E-state index in [9.17, 15) is 23.1 Å². The van der Waals surface area contributed by atoms with Crippen molar-refractivity contribution in [1.82, 2.24) is 4.98 Å². The summed E-state index contributed by atoms with van der Waals surface area (Å²) in [5.74, 6) is -1.29. The van der Waals surface area contributed by atoms with Crippen LogP contribution in [0.3, 0.4) is 0 Å². The summed E-state index contributed by atoms with van der Waals surface area (Å²) in [6, 6.07) is 6.68. The quantitative estimate of drug-likeness (QED) is 0.555. The van der Waals surface area contributed by atoms with E-state index >= 15 is 0 Å². The lowest BCUT2D eigenvalue weighted by atomic mass is 9.99. The van der Waals surface area contributed by atoms with Gasteiger partial charge in [-0.1, -0.05) is 28.5 Å². The van der Waals surface area contributed by atoms with Crippen molar-refractivity contribution in [3.8, 4) is 0 Å². The lowest BCUT2D eigenvalue weighted by Gasteiger charge is -2.12. The standard InChI is InChI=1S/C19H18F3N3O4/c1-11-5-4-6-14(17(18(26)27)25-28-3)15(11)10-29-24-12(2)16-9-13(7-8-23-16)19(20,21)22/h4-9H,10H2,1-3H3,(H,26,27)/b24-12+,25-17?. The topological polar surface area (TPSA) is 93.4 Å². The van der Waals surface area contributed by atoms with Crippen LogP contribution in [0.2, 0.25) is 0 Å². The number of hydrogen-bond acceptors (Lipinski definition) is 6. The van der Waals surface area contributed by atoms with Gasteiger partial charge in [0, 0.05) is 17.3 Å². The molecular formula is C19H18F3N3O4. The fourth-order valence-corrected chi connectivity index (χ4v) is 2.46. The largest absolute Gasteiger partial charge is 0.476 e. The van der Waals surface area contributed by atoms with Gasteiger partial charge in [0.1, 0.15) is 19.4 Å². The zero-order valence-corrected chi connectivity index (χ0v) is 15.8. The van der Waals surface area contributed by atoms with Gasteiger partial charge >= 0.3 is 12.1 Å². The summed E-state index contributed by atoms with van der Waals surface area (Å²) >= 11 is 0. The smallest absolute Gasteiger partial charge is 0.416 e. The fourth-order valence-electron chi connectivity index (χ4n) is 2.46. The first kappa shape index (κ1) is 21.9. The van der Waals surface area contributed by atoms with E-state index in [1.165, 1.54) is 14.0 Å². The number of pyridine rings is 1.